The van der Waals surface area contributed by atoms with Crippen LogP contribution in [-0.2, 0) is 13.0 Å². The Labute approximate surface area is 224 Å². The largest absolute Gasteiger partial charge is 0.396 e. The molecule has 5 rings (SSSR count). The minimum absolute atomic E-state index is 0.153. The van der Waals surface area contributed by atoms with Crippen LogP contribution in [0.1, 0.15) is 64.6 Å². The molecule has 6 heteroatoms. The lowest BCUT2D eigenvalue weighted by Crippen LogP contribution is -2.47. The number of halogens is 1. The molecule has 36 heavy (non-hydrogen) atoms. The number of rotatable bonds is 8. The summed E-state index contributed by atoms with van der Waals surface area (Å²) in [5.41, 5.74) is 7.23. The SMILES string of the molecule is CCn1c(-c2cc(N3CCN(C4CC4)CC3)cnc2C(C)C)c(CC(C)(C)CO)c2cc(Br)ccc21. The molecule has 1 saturated heterocycles. The van der Waals surface area contributed by atoms with Gasteiger partial charge in [0.2, 0.25) is 0 Å². The summed E-state index contributed by atoms with van der Waals surface area (Å²) in [6.45, 7) is 16.5. The fraction of sp³-hybridized carbons (Fsp3) is 0.567. The summed E-state index contributed by atoms with van der Waals surface area (Å²) in [5.74, 6) is 0.314. The van der Waals surface area contributed by atoms with Crippen LogP contribution in [0.15, 0.2) is 34.9 Å². The minimum atomic E-state index is -0.216. The maximum atomic E-state index is 10.2. The number of aliphatic hydroxyl groups is 1. The van der Waals surface area contributed by atoms with Crippen molar-refractivity contribution >= 4 is 32.5 Å². The van der Waals surface area contributed by atoms with Crippen LogP contribution in [-0.4, -0.2) is 58.4 Å². The van der Waals surface area contributed by atoms with Crippen LogP contribution in [0, 0.1) is 5.41 Å². The molecule has 1 N–H and O–H groups in total. The quantitative estimate of drug-likeness (QED) is 0.348. The summed E-state index contributed by atoms with van der Waals surface area (Å²) >= 11 is 3.71. The van der Waals surface area contributed by atoms with Gasteiger partial charge in [0.15, 0.2) is 0 Å². The molecule has 0 bridgehead atoms. The summed E-state index contributed by atoms with van der Waals surface area (Å²) in [4.78, 5) is 10.3. The zero-order valence-corrected chi connectivity index (χ0v) is 24.1. The van der Waals surface area contributed by atoms with Gasteiger partial charge >= 0.3 is 0 Å². The van der Waals surface area contributed by atoms with E-state index in [1.807, 2.05) is 0 Å². The number of aryl methyl sites for hydroxylation is 1. The molecule has 0 amide bonds. The number of nitrogens with zero attached hydrogens (tertiary/aromatic N) is 4. The Morgan fingerprint density at radius 2 is 1.83 bits per heavy atom. The Morgan fingerprint density at radius 1 is 1.11 bits per heavy atom. The molecule has 1 aliphatic heterocycles. The Kier molecular flexibility index (Phi) is 7.23. The van der Waals surface area contributed by atoms with Crippen molar-refractivity contribution in [3.63, 3.8) is 0 Å². The van der Waals surface area contributed by atoms with Crippen molar-refractivity contribution in [2.75, 3.05) is 37.7 Å². The van der Waals surface area contributed by atoms with Gasteiger partial charge in [-0.25, -0.2) is 0 Å². The first kappa shape index (κ1) is 25.7. The topological polar surface area (TPSA) is 44.5 Å². The van der Waals surface area contributed by atoms with Crippen molar-refractivity contribution < 1.29 is 5.11 Å². The summed E-state index contributed by atoms with van der Waals surface area (Å²) in [5, 5.41) is 11.5. The molecule has 0 radical (unpaired) electrons. The molecule has 2 fully saturated rings. The molecule has 3 aromatic rings. The van der Waals surface area contributed by atoms with E-state index in [2.05, 4.69) is 95.4 Å². The Balaban J connectivity index is 1.66. The van der Waals surface area contributed by atoms with E-state index in [4.69, 9.17) is 4.98 Å². The third-order valence-corrected chi connectivity index (χ3v) is 8.47. The molecule has 1 aliphatic carbocycles. The third kappa shape index (κ3) is 4.97. The average molecular weight is 554 g/mol. The van der Waals surface area contributed by atoms with Crippen molar-refractivity contribution in [1.82, 2.24) is 14.5 Å². The van der Waals surface area contributed by atoms with Crippen LogP contribution in [0.25, 0.3) is 22.2 Å². The number of aromatic nitrogens is 2. The number of hydrogen-bond acceptors (Lipinski definition) is 4. The number of anilines is 1. The van der Waals surface area contributed by atoms with Gasteiger partial charge < -0.3 is 14.6 Å². The van der Waals surface area contributed by atoms with Gasteiger partial charge in [0.1, 0.15) is 0 Å². The van der Waals surface area contributed by atoms with E-state index in [9.17, 15) is 5.11 Å². The number of aliphatic hydroxyl groups excluding tert-OH is 1. The van der Waals surface area contributed by atoms with Crippen molar-refractivity contribution in [3.8, 4) is 11.3 Å². The van der Waals surface area contributed by atoms with E-state index in [-0.39, 0.29) is 12.0 Å². The average Bonchev–Trinajstić information content (AvgIpc) is 3.68. The highest BCUT2D eigenvalue weighted by Crippen LogP contribution is 2.42. The Bertz CT molecular complexity index is 1240. The summed E-state index contributed by atoms with van der Waals surface area (Å²) in [7, 11) is 0. The molecule has 5 nitrogen and oxygen atoms in total. The van der Waals surface area contributed by atoms with Gasteiger partial charge in [0.25, 0.3) is 0 Å². The van der Waals surface area contributed by atoms with Crippen LogP contribution in [0.4, 0.5) is 5.69 Å². The van der Waals surface area contributed by atoms with E-state index in [0.29, 0.717) is 5.92 Å². The van der Waals surface area contributed by atoms with Crippen LogP contribution in [0.2, 0.25) is 0 Å². The van der Waals surface area contributed by atoms with Crippen molar-refractivity contribution in [1.29, 1.82) is 0 Å². The molecule has 1 saturated carbocycles. The first-order chi connectivity index (χ1) is 17.2. The second kappa shape index (κ2) is 10.1. The second-order valence-corrected chi connectivity index (χ2v) is 12.7. The van der Waals surface area contributed by atoms with E-state index in [1.165, 1.54) is 46.3 Å². The fourth-order valence-electron chi connectivity index (χ4n) is 5.82. The third-order valence-electron chi connectivity index (χ3n) is 7.98. The second-order valence-electron chi connectivity index (χ2n) is 11.8. The van der Waals surface area contributed by atoms with Crippen LogP contribution >= 0.6 is 15.9 Å². The van der Waals surface area contributed by atoms with Gasteiger partial charge in [-0.1, -0.05) is 43.6 Å². The van der Waals surface area contributed by atoms with E-state index in [1.54, 1.807) is 0 Å². The summed E-state index contributed by atoms with van der Waals surface area (Å²) in [6, 6.07) is 9.85. The van der Waals surface area contributed by atoms with Gasteiger partial charge in [0, 0.05) is 66.3 Å². The molecule has 0 atom stereocenters. The molecule has 2 aromatic heterocycles. The predicted octanol–water partition coefficient (Wildman–Crippen LogP) is 6.45. The molecular weight excluding hydrogens is 512 g/mol. The van der Waals surface area contributed by atoms with Gasteiger partial charge in [0.05, 0.1) is 23.3 Å². The number of benzene rings is 1. The molecule has 0 unspecified atom stereocenters. The Hall–Kier alpha value is -1.89. The summed E-state index contributed by atoms with van der Waals surface area (Å²) in [6.07, 6.45) is 5.65. The lowest BCUT2D eigenvalue weighted by atomic mass is 9.84. The monoisotopic (exact) mass is 552 g/mol. The van der Waals surface area contributed by atoms with Crippen LogP contribution < -0.4 is 4.90 Å². The van der Waals surface area contributed by atoms with Gasteiger partial charge in [-0.15, -0.1) is 0 Å². The van der Waals surface area contributed by atoms with E-state index >= 15 is 0 Å². The minimum Gasteiger partial charge on any atom is -0.396 e. The van der Waals surface area contributed by atoms with E-state index in [0.717, 1.165) is 55.4 Å². The molecule has 194 valence electrons. The maximum absolute atomic E-state index is 10.2. The maximum Gasteiger partial charge on any atom is 0.0560 e. The number of piperazine rings is 1. The molecule has 0 spiro atoms. The van der Waals surface area contributed by atoms with Crippen LogP contribution in [0.5, 0.6) is 0 Å². The van der Waals surface area contributed by atoms with E-state index < -0.39 is 0 Å². The van der Waals surface area contributed by atoms with Gasteiger partial charge in [-0.2, -0.15) is 0 Å². The summed E-state index contributed by atoms with van der Waals surface area (Å²) < 4.78 is 3.55. The molecular formula is C30H41BrN4O. The highest BCUT2D eigenvalue weighted by Gasteiger charge is 2.32. The number of fused-ring (bicyclic) bond motifs is 1. The molecule has 3 heterocycles. The Morgan fingerprint density at radius 3 is 2.44 bits per heavy atom. The number of hydrogen-bond donors (Lipinski definition) is 1. The number of pyridine rings is 1. The standard InChI is InChI=1S/C30H41BrN4O/c1-6-35-27-10-7-21(31)15-24(27)26(17-30(4,5)19-36)29(35)25-16-23(18-32-28(25)20(2)3)34-13-11-33(12-14-34)22-8-9-22/h7,10,15-16,18,20,22,36H,6,8-9,11-14,17,19H2,1-5H3. The first-order valence-corrected chi connectivity index (χ1v) is 14.4. The zero-order valence-electron chi connectivity index (χ0n) is 22.5. The van der Waals surface area contributed by atoms with Gasteiger partial charge in [-0.05, 0) is 67.3 Å². The zero-order chi connectivity index (χ0) is 25.6. The van der Waals surface area contributed by atoms with Gasteiger partial charge in [-0.3, -0.25) is 9.88 Å². The molecule has 2 aliphatic rings. The highest BCUT2D eigenvalue weighted by atomic mass is 79.9. The normalized spacial score (nSPS) is 17.5. The van der Waals surface area contributed by atoms with Crippen molar-refractivity contribution in [3.05, 3.63) is 46.2 Å². The smallest absolute Gasteiger partial charge is 0.0560 e. The fourth-order valence-corrected chi connectivity index (χ4v) is 6.18. The molecule has 1 aromatic carbocycles. The lowest BCUT2D eigenvalue weighted by molar-refractivity contribution is 0.160. The van der Waals surface area contributed by atoms with Crippen molar-refractivity contribution in [2.24, 2.45) is 5.41 Å². The predicted molar refractivity (Wildman–Crippen MR) is 154 cm³/mol. The van der Waals surface area contributed by atoms with Crippen LogP contribution in [0.3, 0.4) is 0 Å². The van der Waals surface area contributed by atoms with Crippen molar-refractivity contribution in [2.45, 2.75) is 72.4 Å². The first-order valence-electron chi connectivity index (χ1n) is 13.6. The highest BCUT2D eigenvalue weighted by molar-refractivity contribution is 9.10. The lowest BCUT2D eigenvalue weighted by Gasteiger charge is -2.36.